The molecule has 1 heterocycles. The van der Waals surface area contributed by atoms with Crippen LogP contribution in [0, 0.1) is 17.6 Å². The minimum absolute atomic E-state index is 0.0419. The highest BCUT2D eigenvalue weighted by Gasteiger charge is 2.29. The van der Waals surface area contributed by atoms with Gasteiger partial charge in [0.25, 0.3) is 5.91 Å². The average molecular weight is 433 g/mol. The number of nitrogens with one attached hydrogen (secondary N) is 1. The number of rotatable bonds is 5. The number of benzene rings is 2. The molecule has 2 fully saturated rings. The summed E-state index contributed by atoms with van der Waals surface area (Å²) in [6.45, 7) is 3.22. The van der Waals surface area contributed by atoms with E-state index in [0.29, 0.717) is 11.8 Å². The zero-order valence-corrected chi connectivity index (χ0v) is 17.7. The highest BCUT2D eigenvalue weighted by molar-refractivity contribution is 6.30. The fraction of sp³-hybridized carbons (Fsp3) is 0.458. The molecule has 1 saturated heterocycles. The first-order valence-corrected chi connectivity index (χ1v) is 11.1. The molecule has 160 valence electrons. The van der Waals surface area contributed by atoms with E-state index in [1.807, 2.05) is 12.1 Å². The Morgan fingerprint density at radius 3 is 2.33 bits per heavy atom. The van der Waals surface area contributed by atoms with Gasteiger partial charge >= 0.3 is 0 Å². The van der Waals surface area contributed by atoms with Crippen LogP contribution in [0.2, 0.25) is 5.02 Å². The molecule has 1 aliphatic carbocycles. The van der Waals surface area contributed by atoms with Crippen LogP contribution in [0.3, 0.4) is 0 Å². The Kier molecular flexibility index (Phi) is 6.69. The number of hydrogen-bond donors (Lipinski definition) is 1. The normalized spacial score (nSPS) is 22.9. The molecule has 3 nitrogen and oxygen atoms in total. The van der Waals surface area contributed by atoms with Gasteiger partial charge in [-0.05, 0) is 86.9 Å². The van der Waals surface area contributed by atoms with Gasteiger partial charge in [-0.2, -0.15) is 0 Å². The van der Waals surface area contributed by atoms with Gasteiger partial charge < -0.3 is 10.2 Å². The summed E-state index contributed by atoms with van der Waals surface area (Å²) in [6, 6.07) is 11.2. The third-order valence-corrected chi connectivity index (χ3v) is 6.70. The largest absolute Gasteiger partial charge is 0.349 e. The fourth-order valence-corrected chi connectivity index (χ4v) is 5.00. The van der Waals surface area contributed by atoms with Gasteiger partial charge in [-0.25, -0.2) is 8.78 Å². The van der Waals surface area contributed by atoms with E-state index in [1.165, 1.54) is 5.56 Å². The summed E-state index contributed by atoms with van der Waals surface area (Å²) in [7, 11) is 0. The van der Waals surface area contributed by atoms with Crippen molar-refractivity contribution in [3.8, 4) is 0 Å². The van der Waals surface area contributed by atoms with Crippen LogP contribution in [-0.2, 0) is 0 Å². The lowest BCUT2D eigenvalue weighted by atomic mass is 9.89. The summed E-state index contributed by atoms with van der Waals surface area (Å²) in [5, 5.41) is 3.73. The molecule has 1 N–H and O–H groups in total. The van der Waals surface area contributed by atoms with E-state index in [-0.39, 0.29) is 11.6 Å². The number of amides is 1. The molecule has 2 atom stereocenters. The Balaban J connectivity index is 1.22. The van der Waals surface area contributed by atoms with Gasteiger partial charge in [0.2, 0.25) is 0 Å². The molecule has 30 heavy (non-hydrogen) atoms. The molecule has 0 bridgehead atoms. The van der Waals surface area contributed by atoms with Gasteiger partial charge in [-0.3, -0.25) is 4.79 Å². The predicted molar refractivity (Wildman–Crippen MR) is 115 cm³/mol. The second kappa shape index (κ2) is 9.44. The summed E-state index contributed by atoms with van der Waals surface area (Å²) in [5.41, 5.74) is 1.41. The molecule has 0 spiro atoms. The van der Waals surface area contributed by atoms with Gasteiger partial charge in [-0.1, -0.05) is 23.7 Å². The van der Waals surface area contributed by atoms with E-state index < -0.39 is 17.5 Å². The van der Waals surface area contributed by atoms with Crippen molar-refractivity contribution in [3.63, 3.8) is 0 Å². The molecule has 1 saturated carbocycles. The topological polar surface area (TPSA) is 32.3 Å². The molecule has 0 radical (unpaired) electrons. The molecule has 4 rings (SSSR count). The van der Waals surface area contributed by atoms with Gasteiger partial charge in [0.1, 0.15) is 11.6 Å². The maximum atomic E-state index is 13.3. The van der Waals surface area contributed by atoms with E-state index >= 15 is 0 Å². The maximum Gasteiger partial charge on any atom is 0.251 e. The molecule has 1 aliphatic heterocycles. The van der Waals surface area contributed by atoms with Crippen LogP contribution in [0.15, 0.2) is 42.5 Å². The number of piperidine rings is 1. The zero-order valence-electron chi connectivity index (χ0n) is 16.9. The first-order chi connectivity index (χ1) is 14.5. The van der Waals surface area contributed by atoms with Crippen LogP contribution in [0.1, 0.15) is 53.9 Å². The second-order valence-electron chi connectivity index (χ2n) is 8.63. The Morgan fingerprint density at radius 2 is 1.67 bits per heavy atom. The van der Waals surface area contributed by atoms with E-state index in [1.54, 1.807) is 0 Å². The first kappa shape index (κ1) is 21.3. The first-order valence-electron chi connectivity index (χ1n) is 10.7. The molecule has 2 aromatic rings. The molecular weight excluding hydrogens is 406 g/mol. The van der Waals surface area contributed by atoms with Crippen molar-refractivity contribution in [2.75, 3.05) is 19.6 Å². The molecule has 0 unspecified atom stereocenters. The van der Waals surface area contributed by atoms with Crippen LogP contribution in [0.25, 0.3) is 0 Å². The third-order valence-electron chi connectivity index (χ3n) is 6.45. The number of carbonyl (C=O) groups is 1. The third kappa shape index (κ3) is 5.38. The van der Waals surface area contributed by atoms with E-state index in [9.17, 15) is 13.6 Å². The summed E-state index contributed by atoms with van der Waals surface area (Å²) in [5.74, 6) is -0.715. The highest BCUT2D eigenvalue weighted by atomic mass is 35.5. The standard InChI is InChI=1S/C24H27ClF2N2O/c25-20-4-2-17(3-5-20)18-7-9-29(10-8-18)15-16-1-6-23(11-16)28-24(30)19-12-21(26)14-22(27)13-19/h2-5,12-14,16,18,23H,1,6-11,15H2,(H,28,30)/t16-,23+/m0/s1. The number of likely N-dealkylation sites (tertiary alicyclic amines) is 1. The summed E-state index contributed by atoms with van der Waals surface area (Å²) < 4.78 is 26.7. The predicted octanol–water partition coefficient (Wildman–Crippen LogP) is 5.40. The Morgan fingerprint density at radius 1 is 1.00 bits per heavy atom. The lowest BCUT2D eigenvalue weighted by Gasteiger charge is -2.33. The van der Waals surface area contributed by atoms with Crippen LogP contribution in [0.5, 0.6) is 0 Å². The van der Waals surface area contributed by atoms with Crippen molar-refractivity contribution in [2.24, 2.45) is 5.92 Å². The quantitative estimate of drug-likeness (QED) is 0.686. The van der Waals surface area contributed by atoms with Gasteiger partial charge in [-0.15, -0.1) is 0 Å². The number of halogens is 3. The van der Waals surface area contributed by atoms with Crippen molar-refractivity contribution >= 4 is 17.5 Å². The van der Waals surface area contributed by atoms with E-state index in [0.717, 1.165) is 75.0 Å². The molecule has 2 aromatic carbocycles. The Hall–Kier alpha value is -1.98. The van der Waals surface area contributed by atoms with Crippen LogP contribution < -0.4 is 5.32 Å². The van der Waals surface area contributed by atoms with Crippen LogP contribution >= 0.6 is 11.6 Å². The molecule has 2 aliphatic rings. The monoisotopic (exact) mass is 432 g/mol. The lowest BCUT2D eigenvalue weighted by molar-refractivity contribution is 0.0935. The van der Waals surface area contributed by atoms with Crippen molar-refractivity contribution < 1.29 is 13.6 Å². The fourth-order valence-electron chi connectivity index (χ4n) is 4.87. The lowest BCUT2D eigenvalue weighted by Crippen LogP contribution is -2.37. The van der Waals surface area contributed by atoms with Crippen molar-refractivity contribution in [1.82, 2.24) is 10.2 Å². The maximum absolute atomic E-state index is 13.3. The smallest absolute Gasteiger partial charge is 0.251 e. The van der Waals surface area contributed by atoms with E-state index in [4.69, 9.17) is 11.6 Å². The van der Waals surface area contributed by atoms with Gasteiger partial charge in [0, 0.05) is 29.2 Å². The Labute approximate surface area is 181 Å². The zero-order chi connectivity index (χ0) is 21.1. The molecule has 0 aromatic heterocycles. The summed E-state index contributed by atoms with van der Waals surface area (Å²) in [6.07, 6.45) is 5.20. The minimum atomic E-state index is -0.730. The number of nitrogens with zero attached hydrogens (tertiary/aromatic N) is 1. The van der Waals surface area contributed by atoms with Crippen molar-refractivity contribution in [2.45, 2.75) is 44.1 Å². The SMILES string of the molecule is O=C(N[C@@H]1CC[C@H](CN2CCC(c3ccc(Cl)cc3)CC2)C1)c1cc(F)cc(F)c1. The number of carbonyl (C=O) groups excluding carboxylic acids is 1. The van der Waals surface area contributed by atoms with Crippen LogP contribution in [0.4, 0.5) is 8.78 Å². The van der Waals surface area contributed by atoms with Crippen molar-refractivity contribution in [3.05, 3.63) is 70.2 Å². The van der Waals surface area contributed by atoms with Gasteiger partial charge in [0.05, 0.1) is 0 Å². The summed E-state index contributed by atoms with van der Waals surface area (Å²) >= 11 is 5.99. The highest BCUT2D eigenvalue weighted by Crippen LogP contribution is 2.32. The van der Waals surface area contributed by atoms with Crippen molar-refractivity contribution in [1.29, 1.82) is 0 Å². The van der Waals surface area contributed by atoms with Crippen LogP contribution in [-0.4, -0.2) is 36.5 Å². The van der Waals surface area contributed by atoms with Gasteiger partial charge in [0.15, 0.2) is 0 Å². The molecule has 1 amide bonds. The average Bonchev–Trinajstić information content (AvgIpc) is 3.15. The number of hydrogen-bond acceptors (Lipinski definition) is 2. The summed E-state index contributed by atoms with van der Waals surface area (Å²) in [4.78, 5) is 14.9. The second-order valence-corrected chi connectivity index (χ2v) is 9.07. The molecule has 6 heteroatoms. The minimum Gasteiger partial charge on any atom is -0.349 e. The Bertz CT molecular complexity index is 861. The molecular formula is C24H27ClF2N2O. The van der Waals surface area contributed by atoms with E-state index in [2.05, 4.69) is 22.3 Å².